The summed E-state index contributed by atoms with van der Waals surface area (Å²) in [5.41, 5.74) is 1.12. The molecule has 0 radical (unpaired) electrons. The second kappa shape index (κ2) is 6.70. The molecule has 1 aliphatic heterocycles. The fraction of sp³-hybridized carbons (Fsp3) is 0. The first-order valence-corrected chi connectivity index (χ1v) is 8.12. The molecule has 6 nitrogen and oxygen atoms in total. The van der Waals surface area contributed by atoms with Crippen molar-refractivity contribution in [2.75, 3.05) is 0 Å². The summed E-state index contributed by atoms with van der Waals surface area (Å²) in [6.07, 6.45) is 1.47. The molecule has 0 fully saturated rings. The van der Waals surface area contributed by atoms with Crippen LogP contribution in [0.4, 0.5) is 5.69 Å². The highest BCUT2D eigenvalue weighted by Gasteiger charge is 2.24. The van der Waals surface area contributed by atoms with E-state index < -0.39 is 10.9 Å². The van der Waals surface area contributed by atoms with Crippen LogP contribution >= 0.6 is 34.2 Å². The summed E-state index contributed by atoms with van der Waals surface area (Å²) in [6, 6.07) is 11.6. The second-order valence-electron chi connectivity index (χ2n) is 4.81. The fourth-order valence-electron chi connectivity index (χ4n) is 2.07. The second-order valence-corrected chi connectivity index (χ2v) is 6.47. The Bertz CT molecular complexity index is 924. The molecule has 2 aromatic rings. The van der Waals surface area contributed by atoms with Crippen molar-refractivity contribution < 1.29 is 14.5 Å². The first-order valence-electron chi connectivity index (χ1n) is 6.66. The zero-order chi connectivity index (χ0) is 17.3. The summed E-state index contributed by atoms with van der Waals surface area (Å²) in [5.74, 6) is -0.365. The van der Waals surface area contributed by atoms with Gasteiger partial charge in [-0.1, -0.05) is 17.7 Å². The van der Waals surface area contributed by atoms with Gasteiger partial charge in [-0.2, -0.15) is 0 Å². The van der Waals surface area contributed by atoms with E-state index in [1.54, 1.807) is 6.07 Å². The minimum absolute atomic E-state index is 0.0115. The average Bonchev–Trinajstić information content (AvgIpc) is 2.88. The van der Waals surface area contributed by atoms with E-state index in [0.717, 1.165) is 3.57 Å². The smallest absolute Gasteiger partial charge is 0.363 e. The molecule has 0 saturated carbocycles. The maximum Gasteiger partial charge on any atom is 0.363 e. The molecule has 0 N–H and O–H groups in total. The number of carbonyl (C=O) groups is 1. The van der Waals surface area contributed by atoms with Gasteiger partial charge in [0.05, 0.1) is 4.92 Å². The number of ether oxygens (including phenoxy) is 1. The van der Waals surface area contributed by atoms with Crippen molar-refractivity contribution in [1.29, 1.82) is 0 Å². The predicted molar refractivity (Wildman–Crippen MR) is 97.9 cm³/mol. The molecule has 0 saturated heterocycles. The third-order valence-electron chi connectivity index (χ3n) is 3.16. The number of benzene rings is 2. The predicted octanol–water partition coefficient (Wildman–Crippen LogP) is 4.20. The fourth-order valence-corrected chi connectivity index (χ4v) is 2.87. The summed E-state index contributed by atoms with van der Waals surface area (Å²) in [7, 11) is 0. The van der Waals surface area contributed by atoms with E-state index in [-0.39, 0.29) is 22.3 Å². The van der Waals surface area contributed by atoms with Crippen LogP contribution in [-0.2, 0) is 9.53 Å². The van der Waals surface area contributed by atoms with Crippen LogP contribution in [-0.4, -0.2) is 16.8 Å². The number of esters is 1. The van der Waals surface area contributed by atoms with Crippen molar-refractivity contribution in [3.63, 3.8) is 0 Å². The number of hydrogen-bond acceptors (Lipinski definition) is 5. The molecule has 0 spiro atoms. The van der Waals surface area contributed by atoms with Gasteiger partial charge in [0, 0.05) is 15.2 Å². The van der Waals surface area contributed by atoms with Crippen LogP contribution in [0.2, 0.25) is 5.02 Å². The van der Waals surface area contributed by atoms with Crippen LogP contribution < -0.4 is 0 Å². The highest BCUT2D eigenvalue weighted by molar-refractivity contribution is 14.1. The molecule has 0 unspecified atom stereocenters. The van der Waals surface area contributed by atoms with Crippen molar-refractivity contribution in [2.24, 2.45) is 4.99 Å². The molecule has 120 valence electrons. The molecule has 8 heteroatoms. The van der Waals surface area contributed by atoms with Crippen molar-refractivity contribution in [2.45, 2.75) is 0 Å². The number of hydrogen-bond donors (Lipinski definition) is 0. The molecule has 3 rings (SSSR count). The molecule has 24 heavy (non-hydrogen) atoms. The minimum atomic E-state index is -0.585. The molecule has 0 aromatic heterocycles. The Balaban J connectivity index is 1.94. The molecule has 2 aromatic carbocycles. The van der Waals surface area contributed by atoms with Gasteiger partial charge < -0.3 is 4.74 Å². The van der Waals surface area contributed by atoms with E-state index >= 15 is 0 Å². The largest absolute Gasteiger partial charge is 0.402 e. The number of nitrogens with zero attached hydrogens (tertiary/aromatic N) is 2. The van der Waals surface area contributed by atoms with Gasteiger partial charge in [0.25, 0.3) is 5.69 Å². The maximum atomic E-state index is 12.0. The molecule has 1 heterocycles. The number of nitro benzene ring substituents is 1. The number of carbonyl (C=O) groups excluding carboxylic acids is 1. The highest BCUT2D eigenvalue weighted by atomic mass is 127. The SMILES string of the molecule is O=C1OC(c2cccc(I)c2)=NC1=Cc1ccc([N+](=O)[O-])c(Cl)c1. The van der Waals surface area contributed by atoms with Crippen LogP contribution in [0.3, 0.4) is 0 Å². The topological polar surface area (TPSA) is 81.8 Å². The average molecular weight is 455 g/mol. The number of cyclic esters (lactones) is 1. The standard InChI is InChI=1S/C16H8ClIN2O4/c17-12-6-9(4-5-14(12)20(22)23)7-13-16(21)24-15(19-13)10-2-1-3-11(18)8-10/h1-8H. The van der Waals surface area contributed by atoms with Crippen LogP contribution in [0.1, 0.15) is 11.1 Å². The summed E-state index contributed by atoms with van der Waals surface area (Å²) < 4.78 is 6.17. The van der Waals surface area contributed by atoms with Crippen LogP contribution in [0, 0.1) is 13.7 Å². The van der Waals surface area contributed by atoms with Crippen LogP contribution in [0.25, 0.3) is 6.08 Å². The van der Waals surface area contributed by atoms with Gasteiger partial charge in [-0.25, -0.2) is 9.79 Å². The van der Waals surface area contributed by atoms with E-state index in [4.69, 9.17) is 16.3 Å². The summed E-state index contributed by atoms with van der Waals surface area (Å²) >= 11 is 8.02. The van der Waals surface area contributed by atoms with E-state index in [9.17, 15) is 14.9 Å². The van der Waals surface area contributed by atoms with Crippen LogP contribution in [0.15, 0.2) is 53.2 Å². The zero-order valence-corrected chi connectivity index (χ0v) is 14.8. The zero-order valence-electron chi connectivity index (χ0n) is 11.9. The van der Waals surface area contributed by atoms with E-state index in [1.807, 2.05) is 18.2 Å². The molecule has 0 bridgehead atoms. The normalized spacial score (nSPS) is 15.3. The Morgan fingerprint density at radius 3 is 2.71 bits per heavy atom. The summed E-state index contributed by atoms with van der Waals surface area (Å²) in [6.45, 7) is 0. The van der Waals surface area contributed by atoms with Gasteiger partial charge in [-0.05, 0) is 64.6 Å². The number of rotatable bonds is 3. The van der Waals surface area contributed by atoms with Crippen molar-refractivity contribution in [1.82, 2.24) is 0 Å². The Kier molecular flexibility index (Phi) is 4.63. The quantitative estimate of drug-likeness (QED) is 0.229. The van der Waals surface area contributed by atoms with Gasteiger partial charge in [-0.3, -0.25) is 10.1 Å². The maximum absolute atomic E-state index is 12.0. The van der Waals surface area contributed by atoms with Gasteiger partial charge in [-0.15, -0.1) is 0 Å². The molecule has 0 amide bonds. The van der Waals surface area contributed by atoms with E-state index in [1.165, 1.54) is 24.3 Å². The Labute approximate surface area is 155 Å². The minimum Gasteiger partial charge on any atom is -0.402 e. The lowest BCUT2D eigenvalue weighted by atomic mass is 10.2. The van der Waals surface area contributed by atoms with Gasteiger partial charge in [0.1, 0.15) is 5.02 Å². The summed E-state index contributed by atoms with van der Waals surface area (Å²) in [5, 5.41) is 10.8. The Morgan fingerprint density at radius 1 is 1.25 bits per heavy atom. The van der Waals surface area contributed by atoms with Crippen molar-refractivity contribution >= 4 is 57.8 Å². The Hall–Kier alpha value is -2.26. The lowest BCUT2D eigenvalue weighted by Crippen LogP contribution is -2.05. The highest BCUT2D eigenvalue weighted by Crippen LogP contribution is 2.27. The first kappa shape index (κ1) is 16.6. The molecule has 1 aliphatic rings. The Morgan fingerprint density at radius 2 is 2.04 bits per heavy atom. The molecular formula is C16H8ClIN2O4. The first-order chi connectivity index (χ1) is 11.4. The number of halogens is 2. The molecule has 0 atom stereocenters. The summed E-state index contributed by atoms with van der Waals surface area (Å²) in [4.78, 5) is 26.3. The number of nitro groups is 1. The van der Waals surface area contributed by atoms with Gasteiger partial charge in [0.15, 0.2) is 5.70 Å². The van der Waals surface area contributed by atoms with Crippen molar-refractivity contribution in [3.8, 4) is 0 Å². The van der Waals surface area contributed by atoms with E-state index in [2.05, 4.69) is 27.6 Å². The lowest BCUT2D eigenvalue weighted by Gasteiger charge is -1.99. The molecule has 0 aliphatic carbocycles. The van der Waals surface area contributed by atoms with Crippen LogP contribution in [0.5, 0.6) is 0 Å². The van der Waals surface area contributed by atoms with E-state index in [0.29, 0.717) is 11.1 Å². The monoisotopic (exact) mass is 454 g/mol. The third kappa shape index (κ3) is 3.46. The number of aliphatic imine (C=N–C) groups is 1. The van der Waals surface area contributed by atoms with Gasteiger partial charge in [0.2, 0.25) is 5.90 Å². The van der Waals surface area contributed by atoms with Gasteiger partial charge >= 0.3 is 5.97 Å². The molecular weight excluding hydrogens is 447 g/mol. The third-order valence-corrected chi connectivity index (χ3v) is 4.14. The van der Waals surface area contributed by atoms with Crippen molar-refractivity contribution in [3.05, 3.63) is 78.0 Å². The lowest BCUT2D eigenvalue weighted by molar-refractivity contribution is -0.384.